The normalized spacial score (nSPS) is 15.3. The molecule has 27 heavy (non-hydrogen) atoms. The lowest BCUT2D eigenvalue weighted by Gasteiger charge is -2.27. The van der Waals surface area contributed by atoms with Crippen LogP contribution in [0.5, 0.6) is 0 Å². The predicted molar refractivity (Wildman–Crippen MR) is 101 cm³/mol. The van der Waals surface area contributed by atoms with Crippen molar-refractivity contribution in [3.8, 4) is 6.07 Å². The average Bonchev–Trinajstić information content (AvgIpc) is 2.68. The summed E-state index contributed by atoms with van der Waals surface area (Å²) in [6, 6.07) is 14.1. The molecular weight excluding hydrogens is 342 g/mol. The summed E-state index contributed by atoms with van der Waals surface area (Å²) >= 11 is 0. The van der Waals surface area contributed by atoms with Crippen molar-refractivity contribution in [3.63, 3.8) is 0 Å². The molecule has 0 aromatic heterocycles. The van der Waals surface area contributed by atoms with Crippen LogP contribution < -0.4 is 10.6 Å². The zero-order chi connectivity index (χ0) is 19.2. The van der Waals surface area contributed by atoms with E-state index in [4.69, 9.17) is 10.00 Å². The monoisotopic (exact) mass is 363 g/mol. The number of rotatable bonds is 5. The minimum atomic E-state index is -0.245. The van der Waals surface area contributed by atoms with Crippen molar-refractivity contribution < 1.29 is 14.3 Å². The molecule has 1 aliphatic heterocycles. The molecule has 1 heterocycles. The maximum atomic E-state index is 12.4. The molecule has 1 unspecified atom stereocenters. The molecule has 138 valence electrons. The number of benzene rings is 2. The van der Waals surface area contributed by atoms with Crippen molar-refractivity contribution in [2.24, 2.45) is 0 Å². The quantitative estimate of drug-likeness (QED) is 0.797. The van der Waals surface area contributed by atoms with Crippen molar-refractivity contribution in [2.45, 2.75) is 25.8 Å². The molecule has 0 saturated heterocycles. The first-order chi connectivity index (χ1) is 13.1. The highest BCUT2D eigenvalue weighted by Gasteiger charge is 2.23. The third-order valence-electron chi connectivity index (χ3n) is 4.52. The van der Waals surface area contributed by atoms with Gasteiger partial charge in [-0.15, -0.1) is 0 Å². The molecule has 3 rings (SSSR count). The molecule has 0 saturated carbocycles. The maximum absolute atomic E-state index is 12.4. The van der Waals surface area contributed by atoms with Gasteiger partial charge in [0, 0.05) is 17.3 Å². The Morgan fingerprint density at radius 2 is 2.04 bits per heavy atom. The summed E-state index contributed by atoms with van der Waals surface area (Å²) in [4.78, 5) is 24.3. The van der Waals surface area contributed by atoms with Crippen LogP contribution in [-0.4, -0.2) is 25.0 Å². The zero-order valence-electron chi connectivity index (χ0n) is 15.1. The number of hydrogen-bond donors (Lipinski definition) is 2. The molecule has 0 radical (unpaired) electrons. The number of carbonyl (C=O) groups is 2. The molecule has 1 atom stereocenters. The molecule has 1 amide bonds. The minimum Gasteiger partial charge on any atom is -0.466 e. The summed E-state index contributed by atoms with van der Waals surface area (Å²) in [5.74, 6) is -0.486. The lowest BCUT2D eigenvalue weighted by molar-refractivity contribution is -0.143. The Labute approximate surface area is 158 Å². The average molecular weight is 363 g/mol. The van der Waals surface area contributed by atoms with Crippen LogP contribution in [0.3, 0.4) is 0 Å². The first-order valence-electron chi connectivity index (χ1n) is 8.94. The van der Waals surface area contributed by atoms with E-state index in [2.05, 4.69) is 10.6 Å². The van der Waals surface area contributed by atoms with Gasteiger partial charge in [-0.2, -0.15) is 5.26 Å². The number of carbonyl (C=O) groups excluding carboxylic acids is 2. The smallest absolute Gasteiger partial charge is 0.307 e. The summed E-state index contributed by atoms with van der Waals surface area (Å²) in [6.07, 6.45) is 1.13. The molecular formula is C21H21N3O3. The van der Waals surface area contributed by atoms with Gasteiger partial charge in [-0.25, -0.2) is 0 Å². The van der Waals surface area contributed by atoms with E-state index in [-0.39, 0.29) is 24.3 Å². The Morgan fingerprint density at radius 3 is 2.74 bits per heavy atom. The molecule has 2 N–H and O–H groups in total. The lowest BCUT2D eigenvalue weighted by Crippen LogP contribution is -2.32. The molecule has 0 spiro atoms. The number of nitriles is 1. The van der Waals surface area contributed by atoms with Gasteiger partial charge in [0.25, 0.3) is 5.91 Å². The van der Waals surface area contributed by atoms with Gasteiger partial charge in [-0.3, -0.25) is 9.59 Å². The number of nitrogens with one attached hydrogen (secondary N) is 2. The first kappa shape index (κ1) is 18.6. The largest absolute Gasteiger partial charge is 0.466 e. The van der Waals surface area contributed by atoms with Crippen LogP contribution in [0.2, 0.25) is 0 Å². The van der Waals surface area contributed by atoms with Gasteiger partial charge in [-0.1, -0.05) is 6.07 Å². The highest BCUT2D eigenvalue weighted by atomic mass is 16.5. The molecule has 2 aromatic rings. The number of fused-ring (bicyclic) bond motifs is 1. The molecule has 6 nitrogen and oxygen atoms in total. The number of nitrogens with zero attached hydrogens (tertiary/aromatic N) is 1. The van der Waals surface area contributed by atoms with E-state index < -0.39 is 0 Å². The number of hydrogen-bond acceptors (Lipinski definition) is 5. The second-order valence-electron chi connectivity index (χ2n) is 6.32. The molecule has 0 fully saturated rings. The van der Waals surface area contributed by atoms with Crippen LogP contribution in [0.4, 0.5) is 5.69 Å². The summed E-state index contributed by atoms with van der Waals surface area (Å²) in [7, 11) is 0. The predicted octanol–water partition coefficient (Wildman–Crippen LogP) is 2.95. The Morgan fingerprint density at radius 1 is 1.26 bits per heavy atom. The lowest BCUT2D eigenvalue weighted by atomic mass is 9.92. The van der Waals surface area contributed by atoms with E-state index in [1.165, 1.54) is 5.56 Å². The molecule has 0 bridgehead atoms. The summed E-state index contributed by atoms with van der Waals surface area (Å²) in [6.45, 7) is 2.95. The van der Waals surface area contributed by atoms with Crippen molar-refractivity contribution >= 4 is 17.6 Å². The summed E-state index contributed by atoms with van der Waals surface area (Å²) in [5.41, 5.74) is 3.83. The minimum absolute atomic E-state index is 0.125. The zero-order valence-corrected chi connectivity index (χ0v) is 15.1. The van der Waals surface area contributed by atoms with Gasteiger partial charge in [-0.05, 0) is 67.4 Å². The van der Waals surface area contributed by atoms with E-state index in [0.717, 1.165) is 18.5 Å². The molecule has 1 aliphatic rings. The van der Waals surface area contributed by atoms with Gasteiger partial charge in [0.05, 0.1) is 24.7 Å². The SMILES string of the molecule is CCOC(=O)CC1NCCc2ccc(NC(=O)c3ccc(C#N)cc3)cc21. The Balaban J connectivity index is 1.76. The fraction of sp³-hybridized carbons (Fsp3) is 0.286. The number of ether oxygens (including phenoxy) is 1. The van der Waals surface area contributed by atoms with Crippen LogP contribution in [0.15, 0.2) is 42.5 Å². The molecule has 2 aromatic carbocycles. The Hall–Kier alpha value is -3.17. The van der Waals surface area contributed by atoms with Crippen LogP contribution in [0.1, 0.15) is 46.4 Å². The standard InChI is InChI=1S/C21H21N3O3/c1-2-27-20(25)12-19-18-11-17(8-7-15(18)9-10-23-19)24-21(26)16-5-3-14(13-22)4-6-16/h3-8,11,19,23H,2,9-10,12H2,1H3,(H,24,26). The summed E-state index contributed by atoms with van der Waals surface area (Å²) in [5, 5.41) is 15.1. The van der Waals surface area contributed by atoms with Gasteiger partial charge >= 0.3 is 5.97 Å². The third-order valence-corrected chi connectivity index (χ3v) is 4.52. The van der Waals surface area contributed by atoms with Crippen LogP contribution in [0.25, 0.3) is 0 Å². The van der Waals surface area contributed by atoms with E-state index in [9.17, 15) is 9.59 Å². The summed E-state index contributed by atoms with van der Waals surface area (Å²) < 4.78 is 5.06. The van der Waals surface area contributed by atoms with E-state index >= 15 is 0 Å². The van der Waals surface area contributed by atoms with Crippen molar-refractivity contribution in [1.29, 1.82) is 5.26 Å². The second-order valence-corrected chi connectivity index (χ2v) is 6.32. The number of anilines is 1. The van der Waals surface area contributed by atoms with Gasteiger partial charge < -0.3 is 15.4 Å². The Kier molecular flexibility index (Phi) is 5.84. The van der Waals surface area contributed by atoms with Crippen LogP contribution in [0, 0.1) is 11.3 Å². The van der Waals surface area contributed by atoms with Crippen LogP contribution in [-0.2, 0) is 16.0 Å². The highest BCUT2D eigenvalue weighted by Crippen LogP contribution is 2.28. The Bertz CT molecular complexity index is 885. The molecule has 0 aliphatic carbocycles. The fourth-order valence-electron chi connectivity index (χ4n) is 3.18. The van der Waals surface area contributed by atoms with Crippen molar-refractivity contribution in [3.05, 3.63) is 64.7 Å². The van der Waals surface area contributed by atoms with E-state index in [1.807, 2.05) is 24.3 Å². The van der Waals surface area contributed by atoms with Gasteiger partial charge in [0.1, 0.15) is 0 Å². The van der Waals surface area contributed by atoms with E-state index in [0.29, 0.717) is 23.4 Å². The second kappa shape index (κ2) is 8.47. The molecule has 6 heteroatoms. The topological polar surface area (TPSA) is 91.2 Å². The van der Waals surface area contributed by atoms with Crippen LogP contribution >= 0.6 is 0 Å². The van der Waals surface area contributed by atoms with Crippen molar-refractivity contribution in [1.82, 2.24) is 5.32 Å². The van der Waals surface area contributed by atoms with Crippen molar-refractivity contribution in [2.75, 3.05) is 18.5 Å². The first-order valence-corrected chi connectivity index (χ1v) is 8.94. The fourth-order valence-corrected chi connectivity index (χ4v) is 3.18. The number of amides is 1. The number of esters is 1. The highest BCUT2D eigenvalue weighted by molar-refractivity contribution is 6.04. The van der Waals surface area contributed by atoms with Gasteiger partial charge in [0.2, 0.25) is 0 Å². The third kappa shape index (κ3) is 4.52. The maximum Gasteiger partial charge on any atom is 0.307 e. The van der Waals surface area contributed by atoms with E-state index in [1.54, 1.807) is 31.2 Å². The van der Waals surface area contributed by atoms with Gasteiger partial charge in [0.15, 0.2) is 0 Å².